The number of esters is 1. The highest BCUT2D eigenvalue weighted by molar-refractivity contribution is 5.72. The highest BCUT2D eigenvalue weighted by atomic mass is 17.2. The van der Waals surface area contributed by atoms with Crippen molar-refractivity contribution in [1.82, 2.24) is 0 Å². The molecule has 0 saturated carbocycles. The van der Waals surface area contributed by atoms with Gasteiger partial charge in [0.15, 0.2) is 5.75 Å². The van der Waals surface area contributed by atoms with Crippen molar-refractivity contribution < 1.29 is 29.2 Å². The van der Waals surface area contributed by atoms with Crippen LogP contribution in [0.15, 0.2) is 18.2 Å². The fourth-order valence-electron chi connectivity index (χ4n) is 0.920. The van der Waals surface area contributed by atoms with E-state index in [1.54, 1.807) is 0 Å². The van der Waals surface area contributed by atoms with E-state index >= 15 is 0 Å². The van der Waals surface area contributed by atoms with Crippen molar-refractivity contribution >= 4 is 11.9 Å². The Balaban J connectivity index is 2.93. The molecular formula is C10H10O6. The first kappa shape index (κ1) is 11.8. The molecule has 0 atom stereocenters. The van der Waals surface area contributed by atoms with Crippen molar-refractivity contribution in [3.8, 4) is 17.2 Å². The zero-order chi connectivity index (χ0) is 12.1. The lowest BCUT2D eigenvalue weighted by atomic mass is 10.3. The van der Waals surface area contributed by atoms with Crippen LogP contribution in [-0.4, -0.2) is 17.0 Å². The summed E-state index contributed by atoms with van der Waals surface area (Å²) >= 11 is 0. The molecule has 6 heteroatoms. The molecule has 0 amide bonds. The second-order valence-corrected chi connectivity index (χ2v) is 2.86. The van der Waals surface area contributed by atoms with Gasteiger partial charge in [0.05, 0.1) is 0 Å². The molecule has 1 rings (SSSR count). The summed E-state index contributed by atoms with van der Waals surface area (Å²) in [5, 5.41) is 9.41. The molecule has 1 aromatic carbocycles. The Hall–Kier alpha value is -2.24. The standard InChI is InChI=1S/C10H10O6/c1-6(11)14-10-8(13)4-3-5-9(10)16-15-7(2)12/h3-5,13H,1-2H3. The van der Waals surface area contributed by atoms with E-state index in [-0.39, 0.29) is 17.2 Å². The van der Waals surface area contributed by atoms with E-state index in [0.717, 1.165) is 6.92 Å². The fourth-order valence-corrected chi connectivity index (χ4v) is 0.920. The molecule has 1 aromatic rings. The van der Waals surface area contributed by atoms with Crippen LogP contribution in [0.25, 0.3) is 0 Å². The molecule has 0 radical (unpaired) electrons. The highest BCUT2D eigenvalue weighted by Crippen LogP contribution is 2.36. The molecule has 0 heterocycles. The first-order valence-corrected chi connectivity index (χ1v) is 4.36. The first-order valence-electron chi connectivity index (χ1n) is 4.36. The Bertz CT molecular complexity index is 412. The van der Waals surface area contributed by atoms with Crippen molar-refractivity contribution in [1.29, 1.82) is 0 Å². The third kappa shape index (κ3) is 3.16. The van der Waals surface area contributed by atoms with Gasteiger partial charge in [0.2, 0.25) is 11.5 Å². The van der Waals surface area contributed by atoms with Crippen LogP contribution in [0.4, 0.5) is 0 Å². The minimum Gasteiger partial charge on any atom is -0.504 e. The number of phenolic OH excluding ortho intramolecular Hbond substituents is 1. The second-order valence-electron chi connectivity index (χ2n) is 2.86. The van der Waals surface area contributed by atoms with Gasteiger partial charge in [-0.1, -0.05) is 6.07 Å². The molecule has 0 fully saturated rings. The zero-order valence-electron chi connectivity index (χ0n) is 8.72. The van der Waals surface area contributed by atoms with Crippen molar-refractivity contribution in [3.05, 3.63) is 18.2 Å². The van der Waals surface area contributed by atoms with Crippen LogP contribution in [-0.2, 0) is 14.5 Å². The molecule has 0 aliphatic heterocycles. The fraction of sp³-hybridized carbons (Fsp3) is 0.200. The Kier molecular flexibility index (Phi) is 3.71. The van der Waals surface area contributed by atoms with E-state index < -0.39 is 11.9 Å². The summed E-state index contributed by atoms with van der Waals surface area (Å²) in [6.45, 7) is 2.32. The molecule has 0 unspecified atom stereocenters. The Morgan fingerprint density at radius 1 is 1.19 bits per heavy atom. The quantitative estimate of drug-likeness (QED) is 0.360. The summed E-state index contributed by atoms with van der Waals surface area (Å²) in [7, 11) is 0. The van der Waals surface area contributed by atoms with Crippen molar-refractivity contribution in [2.75, 3.05) is 0 Å². The minimum atomic E-state index is -0.669. The zero-order valence-corrected chi connectivity index (χ0v) is 8.72. The third-order valence-electron chi connectivity index (χ3n) is 1.45. The summed E-state index contributed by atoms with van der Waals surface area (Å²) in [6, 6.07) is 4.13. The van der Waals surface area contributed by atoms with Crippen LogP contribution in [0.3, 0.4) is 0 Å². The van der Waals surface area contributed by atoms with E-state index in [0.29, 0.717) is 0 Å². The number of hydrogen-bond donors (Lipinski definition) is 1. The molecule has 1 N–H and O–H groups in total. The van der Waals surface area contributed by atoms with Crippen LogP contribution in [0.2, 0.25) is 0 Å². The molecule has 0 aliphatic rings. The van der Waals surface area contributed by atoms with E-state index in [4.69, 9.17) is 4.74 Å². The summed E-state index contributed by atoms with van der Waals surface area (Å²) < 4.78 is 4.70. The monoisotopic (exact) mass is 226 g/mol. The van der Waals surface area contributed by atoms with Gasteiger partial charge in [0.25, 0.3) is 0 Å². The number of para-hydroxylation sites is 1. The van der Waals surface area contributed by atoms with Crippen LogP contribution in [0.5, 0.6) is 17.2 Å². The SMILES string of the molecule is CC(=O)OOc1cccc(O)c1OC(C)=O. The Morgan fingerprint density at radius 3 is 2.44 bits per heavy atom. The number of rotatable bonds is 3. The number of carbonyl (C=O) groups excluding carboxylic acids is 2. The molecule has 0 spiro atoms. The number of carbonyl (C=O) groups is 2. The van der Waals surface area contributed by atoms with Crippen molar-refractivity contribution in [3.63, 3.8) is 0 Å². The lowest BCUT2D eigenvalue weighted by molar-refractivity contribution is -0.211. The van der Waals surface area contributed by atoms with Crippen molar-refractivity contribution in [2.24, 2.45) is 0 Å². The first-order chi connectivity index (χ1) is 7.50. The topological polar surface area (TPSA) is 82.1 Å². The molecule has 16 heavy (non-hydrogen) atoms. The van der Waals surface area contributed by atoms with Gasteiger partial charge < -0.3 is 9.84 Å². The lowest BCUT2D eigenvalue weighted by Crippen LogP contribution is -2.07. The number of aromatic hydroxyl groups is 1. The maximum atomic E-state index is 10.8. The Labute approximate surface area is 91.3 Å². The predicted octanol–water partition coefficient (Wildman–Crippen LogP) is 1.17. The van der Waals surface area contributed by atoms with Gasteiger partial charge in [0.1, 0.15) is 0 Å². The van der Waals surface area contributed by atoms with Gasteiger partial charge in [-0.25, -0.2) is 4.79 Å². The number of benzene rings is 1. The predicted molar refractivity (Wildman–Crippen MR) is 51.8 cm³/mol. The number of hydrogen-bond acceptors (Lipinski definition) is 6. The maximum absolute atomic E-state index is 10.8. The van der Waals surface area contributed by atoms with Crippen LogP contribution in [0.1, 0.15) is 13.8 Å². The maximum Gasteiger partial charge on any atom is 0.352 e. The number of phenols is 1. The van der Waals surface area contributed by atoms with Gasteiger partial charge in [-0.05, 0) is 12.1 Å². The molecular weight excluding hydrogens is 216 g/mol. The summed E-state index contributed by atoms with van der Waals surface area (Å²) in [6.07, 6.45) is 0. The minimum absolute atomic E-state index is 0.0644. The van der Waals surface area contributed by atoms with E-state index in [2.05, 4.69) is 9.78 Å². The third-order valence-corrected chi connectivity index (χ3v) is 1.45. The smallest absolute Gasteiger partial charge is 0.352 e. The van der Waals surface area contributed by atoms with Crippen molar-refractivity contribution in [2.45, 2.75) is 13.8 Å². The average molecular weight is 226 g/mol. The molecule has 0 saturated heterocycles. The second kappa shape index (κ2) is 5.01. The van der Waals surface area contributed by atoms with Gasteiger partial charge in [-0.3, -0.25) is 14.6 Å². The van der Waals surface area contributed by atoms with Gasteiger partial charge in [-0.15, -0.1) is 0 Å². The molecule has 0 bridgehead atoms. The van der Waals surface area contributed by atoms with Gasteiger partial charge >= 0.3 is 11.9 Å². The van der Waals surface area contributed by atoms with E-state index in [1.807, 2.05) is 0 Å². The van der Waals surface area contributed by atoms with Gasteiger partial charge in [0, 0.05) is 13.8 Å². The average Bonchev–Trinajstić information content (AvgIpc) is 2.18. The largest absolute Gasteiger partial charge is 0.504 e. The molecule has 86 valence electrons. The highest BCUT2D eigenvalue weighted by Gasteiger charge is 2.14. The Morgan fingerprint density at radius 2 is 1.88 bits per heavy atom. The molecule has 6 nitrogen and oxygen atoms in total. The van der Waals surface area contributed by atoms with Gasteiger partial charge in [-0.2, -0.15) is 0 Å². The molecule has 0 aromatic heterocycles. The molecule has 0 aliphatic carbocycles. The summed E-state index contributed by atoms with van der Waals surface area (Å²) in [5.41, 5.74) is 0. The van der Waals surface area contributed by atoms with Crippen LogP contribution >= 0.6 is 0 Å². The number of ether oxygens (including phenoxy) is 1. The van der Waals surface area contributed by atoms with E-state index in [1.165, 1.54) is 25.1 Å². The van der Waals surface area contributed by atoms with Crippen LogP contribution in [0, 0.1) is 0 Å². The summed E-state index contributed by atoms with van der Waals surface area (Å²) in [5.74, 6) is -1.85. The lowest BCUT2D eigenvalue weighted by Gasteiger charge is -2.09. The normalized spacial score (nSPS) is 9.38. The van der Waals surface area contributed by atoms with E-state index in [9.17, 15) is 14.7 Å². The summed E-state index contributed by atoms with van der Waals surface area (Å²) in [4.78, 5) is 30.1. The van der Waals surface area contributed by atoms with Crippen LogP contribution < -0.4 is 9.62 Å².